The monoisotopic (exact) mass is 255 g/mol. The molecular formula is C14H29N3O. The Kier molecular flexibility index (Phi) is 5.89. The Bertz CT molecular complexity index is 237. The third-order valence-electron chi connectivity index (χ3n) is 4.34. The van der Waals surface area contributed by atoms with Gasteiger partial charge in [-0.25, -0.2) is 0 Å². The molecule has 18 heavy (non-hydrogen) atoms. The molecule has 2 N–H and O–H groups in total. The van der Waals surface area contributed by atoms with Crippen LogP contribution >= 0.6 is 0 Å². The van der Waals surface area contributed by atoms with Gasteiger partial charge in [-0.05, 0) is 32.2 Å². The van der Waals surface area contributed by atoms with E-state index in [2.05, 4.69) is 9.80 Å². The van der Waals surface area contributed by atoms with Crippen molar-refractivity contribution in [2.24, 2.45) is 5.73 Å². The second-order valence-electron chi connectivity index (χ2n) is 5.84. The van der Waals surface area contributed by atoms with Gasteiger partial charge in [-0.3, -0.25) is 9.80 Å². The number of nitrogens with zero attached hydrogens (tertiary/aromatic N) is 2. The van der Waals surface area contributed by atoms with Crippen LogP contribution in [0.15, 0.2) is 0 Å². The van der Waals surface area contributed by atoms with E-state index in [-0.39, 0.29) is 0 Å². The number of fused-ring (bicyclic) bond motifs is 1. The van der Waals surface area contributed by atoms with Crippen molar-refractivity contribution in [3.63, 3.8) is 0 Å². The molecule has 106 valence electrons. The minimum absolute atomic E-state index is 0.315. The maximum atomic E-state index is 6.20. The smallest absolute Gasteiger partial charge is 0.0462 e. The quantitative estimate of drug-likeness (QED) is 0.716. The van der Waals surface area contributed by atoms with E-state index in [1.54, 1.807) is 7.11 Å². The van der Waals surface area contributed by atoms with Gasteiger partial charge in [0.25, 0.3) is 0 Å². The number of nitrogens with two attached hydrogens (primary N) is 1. The minimum Gasteiger partial charge on any atom is -0.385 e. The Hall–Kier alpha value is -0.160. The predicted octanol–water partition coefficient (Wildman–Crippen LogP) is 0.910. The molecule has 0 amide bonds. The number of rotatable bonds is 6. The largest absolute Gasteiger partial charge is 0.385 e. The molecule has 2 fully saturated rings. The molecule has 2 rings (SSSR count). The summed E-state index contributed by atoms with van der Waals surface area (Å²) in [6, 6.07) is 1.12. The van der Waals surface area contributed by atoms with Gasteiger partial charge in [0.2, 0.25) is 0 Å². The summed E-state index contributed by atoms with van der Waals surface area (Å²) in [7, 11) is 1.76. The van der Waals surface area contributed by atoms with Crippen LogP contribution in [0.5, 0.6) is 0 Å². The molecule has 2 saturated heterocycles. The van der Waals surface area contributed by atoms with Crippen molar-refractivity contribution in [3.8, 4) is 0 Å². The molecule has 0 bridgehead atoms. The van der Waals surface area contributed by atoms with Crippen LogP contribution in [0.2, 0.25) is 0 Å². The van der Waals surface area contributed by atoms with E-state index in [0.717, 1.165) is 32.0 Å². The molecule has 4 heteroatoms. The van der Waals surface area contributed by atoms with E-state index in [1.165, 1.54) is 45.4 Å². The van der Waals surface area contributed by atoms with Crippen molar-refractivity contribution < 1.29 is 4.74 Å². The van der Waals surface area contributed by atoms with Gasteiger partial charge < -0.3 is 10.5 Å². The normalized spacial score (nSPS) is 28.0. The second kappa shape index (κ2) is 7.43. The van der Waals surface area contributed by atoms with Crippen molar-refractivity contribution in [2.75, 3.05) is 46.4 Å². The Morgan fingerprint density at radius 3 is 3.00 bits per heavy atom. The lowest BCUT2D eigenvalue weighted by molar-refractivity contribution is 0.0459. The molecule has 0 aromatic heterocycles. The fourth-order valence-corrected chi connectivity index (χ4v) is 3.30. The summed E-state index contributed by atoms with van der Waals surface area (Å²) in [5, 5.41) is 0. The maximum absolute atomic E-state index is 6.20. The molecule has 2 heterocycles. The molecule has 0 aliphatic carbocycles. The van der Waals surface area contributed by atoms with E-state index in [9.17, 15) is 0 Å². The Morgan fingerprint density at radius 1 is 1.28 bits per heavy atom. The summed E-state index contributed by atoms with van der Waals surface area (Å²) < 4.78 is 5.08. The number of methoxy groups -OCH3 is 1. The zero-order valence-electron chi connectivity index (χ0n) is 11.8. The highest BCUT2D eigenvalue weighted by atomic mass is 16.5. The maximum Gasteiger partial charge on any atom is 0.0462 e. The topological polar surface area (TPSA) is 41.7 Å². The number of hydrogen-bond acceptors (Lipinski definition) is 4. The molecule has 4 nitrogen and oxygen atoms in total. The van der Waals surface area contributed by atoms with Gasteiger partial charge in [0, 0.05) is 52.0 Å². The van der Waals surface area contributed by atoms with Crippen LogP contribution in [0.4, 0.5) is 0 Å². The summed E-state index contributed by atoms with van der Waals surface area (Å²) in [6.45, 7) is 6.90. The van der Waals surface area contributed by atoms with Crippen molar-refractivity contribution in [1.29, 1.82) is 0 Å². The van der Waals surface area contributed by atoms with Crippen LogP contribution < -0.4 is 5.73 Å². The van der Waals surface area contributed by atoms with E-state index >= 15 is 0 Å². The molecule has 0 aromatic rings. The molecule has 0 radical (unpaired) electrons. The summed E-state index contributed by atoms with van der Waals surface area (Å²) in [5.74, 6) is 0. The molecular weight excluding hydrogens is 226 g/mol. The summed E-state index contributed by atoms with van der Waals surface area (Å²) in [6.07, 6.45) is 6.36. The van der Waals surface area contributed by atoms with Crippen LogP contribution in [-0.2, 0) is 4.74 Å². The van der Waals surface area contributed by atoms with Crippen LogP contribution in [0.3, 0.4) is 0 Å². The third-order valence-corrected chi connectivity index (χ3v) is 4.34. The number of ether oxygens (including phenoxy) is 1. The Morgan fingerprint density at radius 2 is 2.17 bits per heavy atom. The summed E-state index contributed by atoms with van der Waals surface area (Å²) >= 11 is 0. The van der Waals surface area contributed by atoms with E-state index in [1.807, 2.05) is 0 Å². The van der Waals surface area contributed by atoms with Crippen molar-refractivity contribution in [3.05, 3.63) is 0 Å². The fourth-order valence-electron chi connectivity index (χ4n) is 3.30. The van der Waals surface area contributed by atoms with Crippen molar-refractivity contribution >= 4 is 0 Å². The number of piperidine rings is 1. The first kappa shape index (κ1) is 14.3. The first-order valence-corrected chi connectivity index (χ1v) is 7.50. The highest BCUT2D eigenvalue weighted by Gasteiger charge is 2.29. The van der Waals surface area contributed by atoms with E-state index in [4.69, 9.17) is 10.5 Å². The lowest BCUT2D eigenvalue weighted by Gasteiger charge is -2.44. The molecule has 0 saturated carbocycles. The molecule has 0 spiro atoms. The highest BCUT2D eigenvalue weighted by molar-refractivity contribution is 4.86. The van der Waals surface area contributed by atoms with E-state index in [0.29, 0.717) is 6.04 Å². The van der Waals surface area contributed by atoms with Gasteiger partial charge >= 0.3 is 0 Å². The molecule has 2 unspecified atom stereocenters. The van der Waals surface area contributed by atoms with Crippen molar-refractivity contribution in [1.82, 2.24) is 9.80 Å². The minimum atomic E-state index is 0.315. The average Bonchev–Trinajstić information content (AvgIpc) is 2.39. The lowest BCUT2D eigenvalue weighted by Crippen LogP contribution is -2.56. The van der Waals surface area contributed by atoms with Crippen LogP contribution in [0.1, 0.15) is 32.1 Å². The first-order chi connectivity index (χ1) is 8.79. The van der Waals surface area contributed by atoms with Crippen molar-refractivity contribution in [2.45, 2.75) is 44.2 Å². The Balaban J connectivity index is 1.67. The average molecular weight is 255 g/mol. The second-order valence-corrected chi connectivity index (χ2v) is 5.84. The SMILES string of the molecule is COCCCC(N)CN1CCN2CCCCC2C1. The predicted molar refractivity (Wildman–Crippen MR) is 74.7 cm³/mol. The molecule has 0 aromatic carbocycles. The number of piperazine rings is 1. The zero-order valence-corrected chi connectivity index (χ0v) is 11.8. The lowest BCUT2D eigenvalue weighted by atomic mass is 9.99. The van der Waals surface area contributed by atoms with Gasteiger partial charge in [-0.2, -0.15) is 0 Å². The van der Waals surface area contributed by atoms with Crippen LogP contribution in [0, 0.1) is 0 Å². The molecule has 2 atom stereocenters. The molecule has 2 aliphatic rings. The number of hydrogen-bond donors (Lipinski definition) is 1. The fraction of sp³-hybridized carbons (Fsp3) is 1.00. The summed E-state index contributed by atoms with van der Waals surface area (Å²) in [4.78, 5) is 5.25. The van der Waals surface area contributed by atoms with Gasteiger partial charge in [-0.1, -0.05) is 6.42 Å². The van der Waals surface area contributed by atoms with Gasteiger partial charge in [0.1, 0.15) is 0 Å². The first-order valence-electron chi connectivity index (χ1n) is 7.50. The van der Waals surface area contributed by atoms with Gasteiger partial charge in [0.05, 0.1) is 0 Å². The van der Waals surface area contributed by atoms with Crippen LogP contribution in [0.25, 0.3) is 0 Å². The van der Waals surface area contributed by atoms with Gasteiger partial charge in [-0.15, -0.1) is 0 Å². The molecule has 2 aliphatic heterocycles. The van der Waals surface area contributed by atoms with Crippen LogP contribution in [-0.4, -0.2) is 68.3 Å². The third kappa shape index (κ3) is 4.19. The van der Waals surface area contributed by atoms with Gasteiger partial charge in [0.15, 0.2) is 0 Å². The standard InChI is InChI=1S/C14H29N3O/c1-18-10-4-5-13(15)11-16-8-9-17-7-3-2-6-14(17)12-16/h13-14H,2-12,15H2,1H3. The Labute approximate surface area is 111 Å². The van der Waals surface area contributed by atoms with E-state index < -0.39 is 0 Å². The zero-order chi connectivity index (χ0) is 12.8. The highest BCUT2D eigenvalue weighted by Crippen LogP contribution is 2.21. The summed E-state index contributed by atoms with van der Waals surface area (Å²) in [5.41, 5.74) is 6.20.